The number of benzene rings is 1. The lowest BCUT2D eigenvalue weighted by Crippen LogP contribution is -2.44. The first-order chi connectivity index (χ1) is 12.7. The number of nitrogens with zero attached hydrogens (tertiary/aromatic N) is 1. The van der Waals surface area contributed by atoms with Gasteiger partial charge in [-0.25, -0.2) is 0 Å². The average Bonchev–Trinajstić information content (AvgIpc) is 2.53. The van der Waals surface area contributed by atoms with Gasteiger partial charge in [0.1, 0.15) is 0 Å². The lowest BCUT2D eigenvalue weighted by atomic mass is 10.2. The summed E-state index contributed by atoms with van der Waals surface area (Å²) < 4.78 is 12.9. The number of hydrogen-bond donors (Lipinski definition) is 0. The molecule has 0 spiro atoms. The minimum atomic E-state index is -1.70. The Kier molecular flexibility index (Phi) is 9.16. The van der Waals surface area contributed by atoms with Gasteiger partial charge in [-0.3, -0.25) is 4.90 Å². The monoisotopic (exact) mass is 423 g/mol. The van der Waals surface area contributed by atoms with E-state index in [1.54, 1.807) is 0 Å². The Labute approximate surface area is 177 Å². The van der Waals surface area contributed by atoms with Crippen LogP contribution in [0.5, 0.6) is 0 Å². The second kappa shape index (κ2) is 10.0. The van der Waals surface area contributed by atoms with Crippen LogP contribution in [0.4, 0.5) is 0 Å². The van der Waals surface area contributed by atoms with Crippen molar-refractivity contribution in [1.82, 2.24) is 4.90 Å². The summed E-state index contributed by atoms with van der Waals surface area (Å²) in [7, 11) is -3.40. The van der Waals surface area contributed by atoms with E-state index in [0.29, 0.717) is 0 Å². The first-order valence-electron chi connectivity index (χ1n) is 10.7. The SMILES string of the molecule is CC(C)(C)[Si](C)(C)OCCN(CCO[Si](C)(C)C(C)(C)C)Cc1ccccc1. The third kappa shape index (κ3) is 8.11. The molecule has 0 atom stereocenters. The molecule has 0 aromatic heterocycles. The number of hydrogen-bond acceptors (Lipinski definition) is 3. The van der Waals surface area contributed by atoms with Crippen LogP contribution < -0.4 is 0 Å². The predicted molar refractivity (Wildman–Crippen MR) is 128 cm³/mol. The van der Waals surface area contributed by atoms with E-state index in [9.17, 15) is 0 Å². The van der Waals surface area contributed by atoms with E-state index >= 15 is 0 Å². The molecule has 3 nitrogen and oxygen atoms in total. The van der Waals surface area contributed by atoms with Gasteiger partial charge in [0, 0.05) is 32.8 Å². The van der Waals surface area contributed by atoms with Gasteiger partial charge in [-0.15, -0.1) is 0 Å². The van der Waals surface area contributed by atoms with Crippen molar-refractivity contribution < 1.29 is 8.85 Å². The molecule has 162 valence electrons. The molecule has 1 rings (SSSR count). The van der Waals surface area contributed by atoms with Crippen LogP contribution in [-0.2, 0) is 15.4 Å². The Hall–Kier alpha value is -0.466. The molecule has 0 fully saturated rings. The van der Waals surface area contributed by atoms with E-state index < -0.39 is 16.6 Å². The summed E-state index contributed by atoms with van der Waals surface area (Å²) in [5, 5.41) is 0.505. The van der Waals surface area contributed by atoms with Crippen molar-refractivity contribution in [3.63, 3.8) is 0 Å². The van der Waals surface area contributed by atoms with Crippen molar-refractivity contribution in [2.75, 3.05) is 26.3 Å². The van der Waals surface area contributed by atoms with Crippen molar-refractivity contribution in [2.45, 2.75) is 84.4 Å². The molecule has 0 aliphatic rings. The van der Waals surface area contributed by atoms with Gasteiger partial charge in [0.15, 0.2) is 16.6 Å². The standard InChI is InChI=1S/C23H45NO2Si2/c1-22(2,3)27(7,8)25-18-16-24(20-21-14-12-11-13-15-21)17-19-26-28(9,10)23(4,5)6/h11-15H,16-20H2,1-10H3. The molecular formula is C23H45NO2Si2. The molecule has 0 amide bonds. The molecular weight excluding hydrogens is 378 g/mol. The number of rotatable bonds is 10. The zero-order valence-corrected chi connectivity index (χ0v) is 22.2. The highest BCUT2D eigenvalue weighted by Crippen LogP contribution is 2.37. The average molecular weight is 424 g/mol. The highest BCUT2D eigenvalue weighted by molar-refractivity contribution is 6.74. The summed E-state index contributed by atoms with van der Waals surface area (Å²) in [6.45, 7) is 27.5. The lowest BCUT2D eigenvalue weighted by Gasteiger charge is -2.38. The summed E-state index contributed by atoms with van der Waals surface area (Å²) in [4.78, 5) is 2.48. The molecule has 5 heteroatoms. The first kappa shape index (κ1) is 25.6. The van der Waals surface area contributed by atoms with E-state index in [-0.39, 0.29) is 10.1 Å². The maximum atomic E-state index is 6.43. The zero-order valence-electron chi connectivity index (χ0n) is 20.2. The summed E-state index contributed by atoms with van der Waals surface area (Å²) >= 11 is 0. The Morgan fingerprint density at radius 2 is 1.11 bits per heavy atom. The van der Waals surface area contributed by atoms with Crippen LogP contribution in [0, 0.1) is 0 Å². The van der Waals surface area contributed by atoms with Gasteiger partial charge in [-0.05, 0) is 41.8 Å². The molecule has 1 aromatic carbocycles. The molecule has 0 aliphatic carbocycles. The van der Waals surface area contributed by atoms with Crippen molar-refractivity contribution in [1.29, 1.82) is 0 Å². The van der Waals surface area contributed by atoms with Gasteiger partial charge < -0.3 is 8.85 Å². The van der Waals surface area contributed by atoms with Gasteiger partial charge in [0.2, 0.25) is 0 Å². The van der Waals surface area contributed by atoms with Gasteiger partial charge in [0.25, 0.3) is 0 Å². The van der Waals surface area contributed by atoms with Crippen LogP contribution in [0.3, 0.4) is 0 Å². The molecule has 0 radical (unpaired) electrons. The Bertz CT molecular complexity index is 543. The smallest absolute Gasteiger partial charge is 0.192 e. The fraction of sp³-hybridized carbons (Fsp3) is 0.739. The van der Waals surface area contributed by atoms with Crippen LogP contribution in [-0.4, -0.2) is 47.8 Å². The molecule has 0 bridgehead atoms. The van der Waals surface area contributed by atoms with Crippen LogP contribution in [0.2, 0.25) is 36.3 Å². The topological polar surface area (TPSA) is 21.7 Å². The van der Waals surface area contributed by atoms with Crippen LogP contribution in [0.15, 0.2) is 30.3 Å². The first-order valence-corrected chi connectivity index (χ1v) is 16.5. The summed E-state index contributed by atoms with van der Waals surface area (Å²) in [5.41, 5.74) is 1.35. The maximum Gasteiger partial charge on any atom is 0.192 e. The Balaban J connectivity index is 2.67. The van der Waals surface area contributed by atoms with Gasteiger partial charge in [0.05, 0.1) is 0 Å². The minimum absolute atomic E-state index is 0.253. The van der Waals surface area contributed by atoms with Crippen LogP contribution >= 0.6 is 0 Å². The Morgan fingerprint density at radius 1 is 0.714 bits per heavy atom. The second-order valence-corrected chi connectivity index (χ2v) is 20.6. The van der Waals surface area contributed by atoms with E-state index in [0.717, 1.165) is 32.8 Å². The molecule has 28 heavy (non-hydrogen) atoms. The van der Waals surface area contributed by atoms with Gasteiger partial charge >= 0.3 is 0 Å². The van der Waals surface area contributed by atoms with Crippen LogP contribution in [0.1, 0.15) is 47.1 Å². The fourth-order valence-electron chi connectivity index (χ4n) is 2.40. The maximum absolute atomic E-state index is 6.43. The molecule has 0 unspecified atom stereocenters. The third-order valence-electron chi connectivity index (χ3n) is 6.60. The summed E-state index contributed by atoms with van der Waals surface area (Å²) in [6.07, 6.45) is 0. The summed E-state index contributed by atoms with van der Waals surface area (Å²) in [6, 6.07) is 10.7. The molecule has 0 aliphatic heterocycles. The Morgan fingerprint density at radius 3 is 1.46 bits per heavy atom. The second-order valence-electron chi connectivity index (χ2n) is 11.0. The third-order valence-corrected chi connectivity index (χ3v) is 15.7. The molecule has 0 N–H and O–H groups in total. The fourth-order valence-corrected chi connectivity index (χ4v) is 4.47. The highest BCUT2D eigenvalue weighted by atomic mass is 28.4. The highest BCUT2D eigenvalue weighted by Gasteiger charge is 2.38. The molecule has 0 saturated heterocycles. The van der Waals surface area contributed by atoms with E-state index in [1.807, 2.05) is 0 Å². The molecule has 0 heterocycles. The van der Waals surface area contributed by atoms with E-state index in [4.69, 9.17) is 8.85 Å². The molecule has 0 saturated carbocycles. The van der Waals surface area contributed by atoms with Crippen molar-refractivity contribution in [3.05, 3.63) is 35.9 Å². The quantitative estimate of drug-likeness (QED) is 0.399. The minimum Gasteiger partial charge on any atom is -0.416 e. The predicted octanol–water partition coefficient (Wildman–Crippen LogP) is 6.53. The van der Waals surface area contributed by atoms with Crippen molar-refractivity contribution >= 4 is 16.6 Å². The summed E-state index contributed by atoms with van der Waals surface area (Å²) in [5.74, 6) is 0. The zero-order chi connectivity index (χ0) is 21.6. The lowest BCUT2D eigenvalue weighted by molar-refractivity contribution is 0.160. The normalized spacial score (nSPS) is 14.0. The van der Waals surface area contributed by atoms with Crippen molar-refractivity contribution in [2.24, 2.45) is 0 Å². The largest absolute Gasteiger partial charge is 0.416 e. The molecule has 1 aromatic rings. The van der Waals surface area contributed by atoms with Gasteiger partial charge in [-0.1, -0.05) is 71.9 Å². The van der Waals surface area contributed by atoms with E-state index in [2.05, 4.69) is 103 Å². The van der Waals surface area contributed by atoms with Gasteiger partial charge in [-0.2, -0.15) is 0 Å². The van der Waals surface area contributed by atoms with E-state index in [1.165, 1.54) is 5.56 Å². The van der Waals surface area contributed by atoms with Crippen LogP contribution in [0.25, 0.3) is 0 Å². The van der Waals surface area contributed by atoms with Crippen molar-refractivity contribution in [3.8, 4) is 0 Å².